The van der Waals surface area contributed by atoms with E-state index in [0.29, 0.717) is 14.6 Å². The first kappa shape index (κ1) is 15.4. The summed E-state index contributed by atoms with van der Waals surface area (Å²) in [6, 6.07) is 11.0. The van der Waals surface area contributed by atoms with Crippen molar-refractivity contribution < 1.29 is 14.3 Å². The lowest BCUT2D eigenvalue weighted by Crippen LogP contribution is -2.22. The minimum Gasteiger partial charge on any atom is -0.465 e. The Labute approximate surface area is 139 Å². The van der Waals surface area contributed by atoms with Gasteiger partial charge in [-0.3, -0.25) is 4.79 Å². The van der Waals surface area contributed by atoms with Gasteiger partial charge in [0.15, 0.2) is 0 Å². The van der Waals surface area contributed by atoms with Crippen LogP contribution in [0.4, 0.5) is 0 Å². The van der Waals surface area contributed by atoms with Gasteiger partial charge in [-0.2, -0.15) is 0 Å². The van der Waals surface area contributed by atoms with E-state index in [9.17, 15) is 9.59 Å². The van der Waals surface area contributed by atoms with E-state index in [1.807, 2.05) is 35.9 Å². The van der Waals surface area contributed by atoms with E-state index in [-0.39, 0.29) is 5.91 Å². The molecule has 3 aromatic rings. The number of fused-ring (bicyclic) bond motifs is 1. The molecule has 0 aliphatic heterocycles. The topological polar surface area (TPSA) is 72.7 Å². The van der Waals surface area contributed by atoms with Crippen molar-refractivity contribution in [2.24, 2.45) is 12.1 Å². The molecule has 0 aliphatic rings. The Kier molecular flexibility index (Phi) is 4.26. The first-order valence-corrected chi connectivity index (χ1v) is 8.30. The summed E-state index contributed by atoms with van der Waals surface area (Å²) >= 11 is 2.55. The summed E-state index contributed by atoms with van der Waals surface area (Å²) in [5.41, 5.74) is 3.57. The molecule has 0 spiro atoms. The highest BCUT2D eigenvalue weighted by molar-refractivity contribution is 7.16. The Morgan fingerprint density at radius 3 is 2.61 bits per heavy atom. The van der Waals surface area contributed by atoms with E-state index < -0.39 is 5.97 Å². The van der Waals surface area contributed by atoms with Crippen LogP contribution in [0.1, 0.15) is 19.3 Å². The Morgan fingerprint density at radius 1 is 1.13 bits per heavy atom. The van der Waals surface area contributed by atoms with Gasteiger partial charge in [-0.1, -0.05) is 23.5 Å². The first-order chi connectivity index (χ1) is 11.1. The van der Waals surface area contributed by atoms with Gasteiger partial charge in [-0.05, 0) is 24.3 Å². The molecule has 1 aromatic carbocycles. The van der Waals surface area contributed by atoms with Crippen LogP contribution >= 0.6 is 22.7 Å². The molecule has 1 amide bonds. The number of amides is 1. The molecular weight excluding hydrogens is 334 g/mol. The van der Waals surface area contributed by atoms with E-state index >= 15 is 0 Å². The zero-order valence-electron chi connectivity index (χ0n) is 12.4. The molecular formula is C15H13N3O3S2. The molecule has 0 atom stereocenters. The zero-order chi connectivity index (χ0) is 16.4. The molecule has 2 heterocycles. The van der Waals surface area contributed by atoms with Gasteiger partial charge < -0.3 is 9.30 Å². The minimum absolute atomic E-state index is 0.359. The smallest absolute Gasteiger partial charge is 0.348 e. The third-order valence-electron chi connectivity index (χ3n) is 3.18. The van der Waals surface area contributed by atoms with Crippen LogP contribution < -0.4 is 10.2 Å². The van der Waals surface area contributed by atoms with Crippen LogP contribution in [0, 0.1) is 0 Å². The molecule has 0 fully saturated rings. The van der Waals surface area contributed by atoms with Crippen molar-refractivity contribution in [3.05, 3.63) is 51.0 Å². The van der Waals surface area contributed by atoms with Crippen molar-refractivity contribution in [1.82, 2.24) is 9.99 Å². The minimum atomic E-state index is -0.457. The van der Waals surface area contributed by atoms with E-state index in [4.69, 9.17) is 0 Å². The van der Waals surface area contributed by atoms with Crippen molar-refractivity contribution in [3.8, 4) is 0 Å². The summed E-state index contributed by atoms with van der Waals surface area (Å²) in [6.45, 7) is 0. The summed E-state index contributed by atoms with van der Waals surface area (Å²) in [4.78, 5) is 25.0. The maximum atomic E-state index is 12.1. The predicted molar refractivity (Wildman–Crippen MR) is 89.5 cm³/mol. The van der Waals surface area contributed by atoms with Crippen LogP contribution in [0.25, 0.3) is 10.2 Å². The first-order valence-electron chi connectivity index (χ1n) is 6.67. The largest absolute Gasteiger partial charge is 0.465 e. The molecule has 0 saturated heterocycles. The molecule has 0 aliphatic carbocycles. The van der Waals surface area contributed by atoms with E-state index in [0.717, 1.165) is 21.6 Å². The molecule has 2 aromatic heterocycles. The average molecular weight is 347 g/mol. The number of hydrogen-bond donors (Lipinski definition) is 1. The number of carbonyl (C=O) groups is 2. The van der Waals surface area contributed by atoms with Gasteiger partial charge in [-0.25, -0.2) is 10.2 Å². The van der Waals surface area contributed by atoms with Crippen molar-refractivity contribution in [2.75, 3.05) is 7.11 Å². The molecule has 0 unspecified atom stereocenters. The van der Waals surface area contributed by atoms with Crippen LogP contribution in [0.15, 0.2) is 41.5 Å². The van der Waals surface area contributed by atoms with Gasteiger partial charge in [0, 0.05) is 7.05 Å². The third kappa shape index (κ3) is 3.03. The van der Waals surface area contributed by atoms with Gasteiger partial charge in [0.05, 0.1) is 22.2 Å². The quantitative estimate of drug-likeness (QED) is 0.584. The number of benzene rings is 1. The molecule has 0 radical (unpaired) electrons. The van der Waals surface area contributed by atoms with Crippen LogP contribution in [0.3, 0.4) is 0 Å². The summed E-state index contributed by atoms with van der Waals surface area (Å²) in [5.74, 6) is -0.815. The van der Waals surface area contributed by atoms with Crippen LogP contribution in [0.5, 0.6) is 0 Å². The standard InChI is InChI=1S/C15H13N3O3S2/c1-18-9-5-3-4-6-10(9)23-15(18)17-16-13(19)11-7-8-12(22-11)14(20)21-2/h3-8H,1-2H3,(H,16,19)/b17-15-. The fraction of sp³-hybridized carbons (Fsp3) is 0.133. The second-order valence-electron chi connectivity index (χ2n) is 4.62. The summed E-state index contributed by atoms with van der Waals surface area (Å²) < 4.78 is 7.62. The average Bonchev–Trinajstić information content (AvgIpc) is 3.18. The molecule has 118 valence electrons. The highest BCUT2D eigenvalue weighted by atomic mass is 32.1. The highest BCUT2D eigenvalue weighted by Crippen LogP contribution is 2.17. The maximum absolute atomic E-state index is 12.1. The maximum Gasteiger partial charge on any atom is 0.348 e. The molecule has 8 heteroatoms. The highest BCUT2D eigenvalue weighted by Gasteiger charge is 2.13. The normalized spacial score (nSPS) is 11.7. The number of para-hydroxylation sites is 1. The van der Waals surface area contributed by atoms with Crippen LogP contribution in [-0.2, 0) is 11.8 Å². The lowest BCUT2D eigenvalue weighted by atomic mass is 10.3. The number of nitrogens with zero attached hydrogens (tertiary/aromatic N) is 2. The molecule has 23 heavy (non-hydrogen) atoms. The van der Waals surface area contributed by atoms with Crippen LogP contribution in [0.2, 0.25) is 0 Å². The Morgan fingerprint density at radius 2 is 1.87 bits per heavy atom. The number of thiophene rings is 1. The molecule has 6 nitrogen and oxygen atoms in total. The van der Waals surface area contributed by atoms with Crippen molar-refractivity contribution in [2.45, 2.75) is 0 Å². The van der Waals surface area contributed by atoms with Crippen molar-refractivity contribution in [1.29, 1.82) is 0 Å². The van der Waals surface area contributed by atoms with Gasteiger partial charge in [0.1, 0.15) is 4.88 Å². The van der Waals surface area contributed by atoms with Crippen molar-refractivity contribution in [3.63, 3.8) is 0 Å². The lowest BCUT2D eigenvalue weighted by Gasteiger charge is -1.96. The number of ether oxygens (including phenoxy) is 1. The van der Waals surface area contributed by atoms with E-state index in [2.05, 4.69) is 15.3 Å². The molecule has 3 rings (SSSR count). The van der Waals surface area contributed by atoms with Crippen LogP contribution in [-0.4, -0.2) is 23.6 Å². The van der Waals surface area contributed by atoms with Crippen molar-refractivity contribution >= 4 is 44.8 Å². The lowest BCUT2D eigenvalue weighted by molar-refractivity contribution is 0.0606. The fourth-order valence-corrected chi connectivity index (χ4v) is 3.81. The number of aromatic nitrogens is 1. The Bertz CT molecular complexity index is 952. The van der Waals surface area contributed by atoms with E-state index in [1.54, 1.807) is 12.1 Å². The zero-order valence-corrected chi connectivity index (χ0v) is 14.0. The number of methoxy groups -OCH3 is 1. The number of aryl methyl sites for hydroxylation is 1. The van der Waals surface area contributed by atoms with Gasteiger partial charge in [0.2, 0.25) is 4.80 Å². The second kappa shape index (κ2) is 6.35. The van der Waals surface area contributed by atoms with E-state index in [1.165, 1.54) is 18.4 Å². The number of rotatable bonds is 3. The number of hydrogen-bond acceptors (Lipinski definition) is 6. The second-order valence-corrected chi connectivity index (χ2v) is 6.71. The third-order valence-corrected chi connectivity index (χ3v) is 5.36. The number of esters is 1. The van der Waals surface area contributed by atoms with Gasteiger partial charge >= 0.3 is 5.97 Å². The summed E-state index contributed by atoms with van der Waals surface area (Å²) in [6.07, 6.45) is 0. The number of thiazole rings is 1. The molecule has 1 N–H and O–H groups in total. The SMILES string of the molecule is COC(=O)c1ccc(C(=O)N/N=c2\sc3ccccc3n2C)s1. The molecule has 0 saturated carbocycles. The Balaban J connectivity index is 1.83. The number of nitrogens with one attached hydrogen (secondary N) is 1. The van der Waals surface area contributed by atoms with Gasteiger partial charge in [0.25, 0.3) is 5.91 Å². The number of carbonyl (C=O) groups excluding carboxylic acids is 2. The van der Waals surface area contributed by atoms with Gasteiger partial charge in [-0.15, -0.1) is 16.4 Å². The fourth-order valence-electron chi connectivity index (χ4n) is 2.01. The molecule has 0 bridgehead atoms. The monoisotopic (exact) mass is 347 g/mol. The summed E-state index contributed by atoms with van der Waals surface area (Å²) in [5, 5.41) is 4.17. The predicted octanol–water partition coefficient (Wildman–Crippen LogP) is 2.33. The Hall–Kier alpha value is -2.45. The summed E-state index contributed by atoms with van der Waals surface area (Å²) in [7, 11) is 3.20.